The van der Waals surface area contributed by atoms with Gasteiger partial charge >= 0.3 is 6.03 Å². The van der Waals surface area contributed by atoms with Crippen molar-refractivity contribution in [3.05, 3.63) is 57.5 Å². The number of carbonyl (C=O) groups excluding carboxylic acids is 1. The summed E-state index contributed by atoms with van der Waals surface area (Å²) in [6.45, 7) is 1.67. The Hall–Kier alpha value is -1.56. The molecular formula is C15H14BrClN2O2. The lowest BCUT2D eigenvalue weighted by molar-refractivity contribution is 0.199. The van der Waals surface area contributed by atoms with Gasteiger partial charge in [-0.25, -0.2) is 4.79 Å². The van der Waals surface area contributed by atoms with Gasteiger partial charge in [-0.05, 0) is 52.7 Å². The molecule has 110 valence electrons. The van der Waals surface area contributed by atoms with Crippen LogP contribution in [0.1, 0.15) is 18.6 Å². The quantitative estimate of drug-likeness (QED) is 0.728. The van der Waals surface area contributed by atoms with Gasteiger partial charge in [-0.1, -0.05) is 29.8 Å². The number of amides is 2. The van der Waals surface area contributed by atoms with Crippen molar-refractivity contribution in [2.24, 2.45) is 0 Å². The first-order chi connectivity index (χ1) is 9.97. The molecule has 0 bridgehead atoms. The summed E-state index contributed by atoms with van der Waals surface area (Å²) >= 11 is 9.28. The van der Waals surface area contributed by atoms with Gasteiger partial charge in [-0.15, -0.1) is 0 Å². The van der Waals surface area contributed by atoms with Crippen molar-refractivity contribution in [1.29, 1.82) is 0 Å². The Morgan fingerprint density at radius 2 is 1.95 bits per heavy atom. The molecule has 2 aromatic carbocycles. The van der Waals surface area contributed by atoms with Crippen molar-refractivity contribution >= 4 is 44.9 Å². The van der Waals surface area contributed by atoms with E-state index >= 15 is 0 Å². The van der Waals surface area contributed by atoms with Crippen molar-refractivity contribution in [1.82, 2.24) is 0 Å². The molecule has 0 aliphatic carbocycles. The molecule has 0 saturated heterocycles. The van der Waals surface area contributed by atoms with Crippen molar-refractivity contribution in [3.8, 4) is 0 Å². The smallest absolute Gasteiger partial charge is 0.323 e. The van der Waals surface area contributed by atoms with Crippen molar-refractivity contribution in [3.63, 3.8) is 0 Å². The maximum Gasteiger partial charge on any atom is 0.323 e. The van der Waals surface area contributed by atoms with Crippen LogP contribution in [0, 0.1) is 0 Å². The third-order valence-corrected chi connectivity index (χ3v) is 4.22. The Kier molecular flexibility index (Phi) is 5.22. The first-order valence-corrected chi connectivity index (χ1v) is 7.44. The van der Waals surface area contributed by atoms with E-state index in [2.05, 4.69) is 26.6 Å². The molecule has 21 heavy (non-hydrogen) atoms. The van der Waals surface area contributed by atoms with Crippen LogP contribution in [0.4, 0.5) is 16.2 Å². The van der Waals surface area contributed by atoms with Crippen LogP contribution in [0.15, 0.2) is 46.9 Å². The molecule has 0 aliphatic rings. The Morgan fingerprint density at radius 1 is 1.24 bits per heavy atom. The lowest BCUT2D eigenvalue weighted by Gasteiger charge is -2.11. The summed E-state index contributed by atoms with van der Waals surface area (Å²) in [4.78, 5) is 12.0. The molecule has 4 nitrogen and oxygen atoms in total. The molecule has 2 amide bonds. The van der Waals surface area contributed by atoms with E-state index < -0.39 is 6.10 Å². The summed E-state index contributed by atoms with van der Waals surface area (Å²) in [6.07, 6.45) is -0.586. The summed E-state index contributed by atoms with van der Waals surface area (Å²) in [7, 11) is 0. The highest BCUT2D eigenvalue weighted by Crippen LogP contribution is 2.30. The highest BCUT2D eigenvalue weighted by Gasteiger charge is 2.09. The maximum atomic E-state index is 12.0. The van der Waals surface area contributed by atoms with Gasteiger partial charge < -0.3 is 15.7 Å². The van der Waals surface area contributed by atoms with E-state index in [4.69, 9.17) is 11.6 Å². The minimum atomic E-state index is -0.586. The average Bonchev–Trinajstić information content (AvgIpc) is 2.44. The minimum Gasteiger partial charge on any atom is -0.389 e. The van der Waals surface area contributed by atoms with Gasteiger partial charge in [0.05, 0.1) is 21.3 Å². The summed E-state index contributed by atoms with van der Waals surface area (Å²) in [5.74, 6) is 0. The third-order valence-electron chi connectivity index (χ3n) is 2.83. The van der Waals surface area contributed by atoms with Crippen LogP contribution in [-0.2, 0) is 0 Å². The number of urea groups is 1. The molecule has 3 N–H and O–H groups in total. The molecule has 2 rings (SSSR count). The number of anilines is 2. The van der Waals surface area contributed by atoms with E-state index in [1.54, 1.807) is 49.4 Å². The lowest BCUT2D eigenvalue weighted by Crippen LogP contribution is -2.19. The molecule has 2 aromatic rings. The van der Waals surface area contributed by atoms with Crippen LogP contribution in [0.3, 0.4) is 0 Å². The fourth-order valence-corrected chi connectivity index (χ4v) is 2.30. The van der Waals surface area contributed by atoms with Crippen LogP contribution in [0.25, 0.3) is 0 Å². The Morgan fingerprint density at radius 3 is 2.67 bits per heavy atom. The molecular weight excluding hydrogens is 356 g/mol. The van der Waals surface area contributed by atoms with Crippen LogP contribution in [0.5, 0.6) is 0 Å². The number of nitrogens with one attached hydrogen (secondary N) is 2. The largest absolute Gasteiger partial charge is 0.389 e. The van der Waals surface area contributed by atoms with Gasteiger partial charge in [0.1, 0.15) is 0 Å². The zero-order valence-electron chi connectivity index (χ0n) is 11.2. The second kappa shape index (κ2) is 6.93. The minimum absolute atomic E-state index is 0.388. The maximum absolute atomic E-state index is 12.0. The summed E-state index contributed by atoms with van der Waals surface area (Å²) in [6, 6.07) is 11.9. The van der Waals surface area contributed by atoms with E-state index in [0.29, 0.717) is 20.9 Å². The molecule has 1 unspecified atom stereocenters. The van der Waals surface area contributed by atoms with Gasteiger partial charge in [0.2, 0.25) is 0 Å². The number of benzene rings is 2. The molecule has 6 heteroatoms. The molecule has 0 fully saturated rings. The van der Waals surface area contributed by atoms with Crippen molar-refractivity contribution < 1.29 is 9.90 Å². The zero-order valence-corrected chi connectivity index (χ0v) is 13.6. The molecule has 1 atom stereocenters. The third kappa shape index (κ3) is 4.20. The van der Waals surface area contributed by atoms with E-state index in [1.165, 1.54) is 0 Å². The molecule has 0 spiro atoms. The van der Waals surface area contributed by atoms with E-state index in [0.717, 1.165) is 5.56 Å². The van der Waals surface area contributed by atoms with Crippen LogP contribution >= 0.6 is 27.5 Å². The first kappa shape index (κ1) is 15.8. The van der Waals surface area contributed by atoms with E-state index in [1.807, 2.05) is 0 Å². The van der Waals surface area contributed by atoms with Gasteiger partial charge in [-0.2, -0.15) is 0 Å². The monoisotopic (exact) mass is 368 g/mol. The number of rotatable bonds is 3. The number of hydrogen-bond donors (Lipinski definition) is 3. The fourth-order valence-electron chi connectivity index (χ4n) is 1.76. The standard InChI is InChI=1S/C15H14BrClN2O2/c1-9(20)10-4-2-5-11(8-10)18-15(21)19-13-7-3-6-12(17)14(13)16/h2-9,20H,1H3,(H2,18,19,21). The van der Waals surface area contributed by atoms with Gasteiger partial charge in [0, 0.05) is 5.69 Å². The second-order valence-corrected chi connectivity index (χ2v) is 5.68. The summed E-state index contributed by atoms with van der Waals surface area (Å²) in [5.41, 5.74) is 1.91. The Balaban J connectivity index is 2.08. The summed E-state index contributed by atoms with van der Waals surface area (Å²) < 4.78 is 0.625. The van der Waals surface area contributed by atoms with E-state index in [9.17, 15) is 9.90 Å². The molecule has 0 aliphatic heterocycles. The first-order valence-electron chi connectivity index (χ1n) is 6.27. The Bertz CT molecular complexity index is 662. The van der Waals surface area contributed by atoms with Crippen molar-refractivity contribution in [2.75, 3.05) is 10.6 Å². The average molecular weight is 370 g/mol. The number of halogens is 2. The van der Waals surface area contributed by atoms with E-state index in [-0.39, 0.29) is 6.03 Å². The number of aliphatic hydroxyl groups is 1. The second-order valence-electron chi connectivity index (χ2n) is 4.48. The van der Waals surface area contributed by atoms with Crippen molar-refractivity contribution in [2.45, 2.75) is 13.0 Å². The van der Waals surface area contributed by atoms with Gasteiger partial charge in [0.15, 0.2) is 0 Å². The molecule has 0 aromatic heterocycles. The number of hydrogen-bond acceptors (Lipinski definition) is 2. The highest BCUT2D eigenvalue weighted by molar-refractivity contribution is 9.10. The normalized spacial score (nSPS) is 11.8. The number of carbonyl (C=O) groups is 1. The topological polar surface area (TPSA) is 61.4 Å². The molecule has 0 saturated carbocycles. The van der Waals surface area contributed by atoms with Crippen LogP contribution in [-0.4, -0.2) is 11.1 Å². The van der Waals surface area contributed by atoms with Crippen LogP contribution < -0.4 is 10.6 Å². The van der Waals surface area contributed by atoms with Gasteiger partial charge in [0.25, 0.3) is 0 Å². The fraction of sp³-hybridized carbons (Fsp3) is 0.133. The Labute approximate surface area is 136 Å². The predicted octanol–water partition coefficient (Wildman–Crippen LogP) is 4.80. The highest BCUT2D eigenvalue weighted by atomic mass is 79.9. The lowest BCUT2D eigenvalue weighted by atomic mass is 10.1. The molecule has 0 heterocycles. The number of aliphatic hydroxyl groups excluding tert-OH is 1. The predicted molar refractivity (Wildman–Crippen MR) is 88.9 cm³/mol. The summed E-state index contributed by atoms with van der Waals surface area (Å²) in [5, 5.41) is 15.5. The SMILES string of the molecule is CC(O)c1cccc(NC(=O)Nc2cccc(Cl)c2Br)c1. The van der Waals surface area contributed by atoms with Crippen LogP contribution in [0.2, 0.25) is 5.02 Å². The molecule has 0 radical (unpaired) electrons. The van der Waals surface area contributed by atoms with Gasteiger partial charge in [-0.3, -0.25) is 0 Å². The zero-order chi connectivity index (χ0) is 15.4.